The van der Waals surface area contributed by atoms with Gasteiger partial charge >= 0.3 is 0 Å². The Balaban J connectivity index is 1.75. The number of carbonyl (C=O) groups excluding carboxylic acids is 2. The smallest absolute Gasteiger partial charge is 0.257 e. The van der Waals surface area contributed by atoms with Crippen LogP contribution in [0.2, 0.25) is 0 Å². The van der Waals surface area contributed by atoms with Crippen molar-refractivity contribution in [3.8, 4) is 0 Å². The van der Waals surface area contributed by atoms with Gasteiger partial charge in [-0.25, -0.2) is 0 Å². The van der Waals surface area contributed by atoms with Crippen molar-refractivity contribution in [2.75, 3.05) is 5.32 Å². The van der Waals surface area contributed by atoms with Gasteiger partial charge in [0.2, 0.25) is 0 Å². The van der Waals surface area contributed by atoms with Crippen LogP contribution in [0.15, 0.2) is 36.7 Å². The van der Waals surface area contributed by atoms with Crippen molar-refractivity contribution < 1.29 is 9.59 Å². The van der Waals surface area contributed by atoms with E-state index in [1.54, 1.807) is 6.07 Å². The second-order valence-electron chi connectivity index (χ2n) is 5.98. The number of aryl methyl sites for hydroxylation is 2. The minimum atomic E-state index is -0.273. The van der Waals surface area contributed by atoms with Crippen LogP contribution in [0.5, 0.6) is 0 Å². The van der Waals surface area contributed by atoms with Crippen molar-refractivity contribution >= 4 is 17.5 Å². The van der Waals surface area contributed by atoms with Crippen LogP contribution in [0, 0.1) is 13.8 Å². The van der Waals surface area contributed by atoms with Gasteiger partial charge in [-0.15, -0.1) is 0 Å². The molecule has 0 radical (unpaired) electrons. The third kappa shape index (κ3) is 3.74. The predicted molar refractivity (Wildman–Crippen MR) is 88.6 cm³/mol. The molecule has 5 heteroatoms. The molecule has 0 atom stereocenters. The number of rotatable bonds is 4. The van der Waals surface area contributed by atoms with Crippen molar-refractivity contribution in [2.45, 2.75) is 32.7 Å². The fourth-order valence-corrected chi connectivity index (χ4v) is 2.33. The quantitative estimate of drug-likeness (QED) is 0.912. The maximum Gasteiger partial charge on any atom is 0.257 e. The summed E-state index contributed by atoms with van der Waals surface area (Å²) in [6, 6.07) is 7.67. The minimum Gasteiger partial charge on any atom is -0.349 e. The first kappa shape index (κ1) is 15.2. The summed E-state index contributed by atoms with van der Waals surface area (Å²) in [5, 5.41) is 5.75. The number of anilines is 1. The molecule has 1 aromatic heterocycles. The SMILES string of the molecule is Cc1ccc(NC(=O)c2cncc(C(=O)NC3CC3)c2)c(C)c1. The lowest BCUT2D eigenvalue weighted by molar-refractivity contribution is 0.0950. The minimum absolute atomic E-state index is 0.179. The van der Waals surface area contributed by atoms with Crippen molar-refractivity contribution in [3.63, 3.8) is 0 Å². The summed E-state index contributed by atoms with van der Waals surface area (Å²) in [7, 11) is 0. The molecule has 0 saturated heterocycles. The molecule has 2 N–H and O–H groups in total. The van der Waals surface area contributed by atoms with Gasteiger partial charge in [0.15, 0.2) is 0 Å². The third-order valence-corrected chi connectivity index (χ3v) is 3.81. The lowest BCUT2D eigenvalue weighted by Crippen LogP contribution is -2.26. The molecular formula is C18H19N3O2. The topological polar surface area (TPSA) is 71.1 Å². The summed E-state index contributed by atoms with van der Waals surface area (Å²) in [4.78, 5) is 28.4. The van der Waals surface area contributed by atoms with Gasteiger partial charge in [0, 0.05) is 24.1 Å². The molecule has 5 nitrogen and oxygen atoms in total. The number of carbonyl (C=O) groups is 2. The molecule has 2 aromatic rings. The van der Waals surface area contributed by atoms with Crippen LogP contribution >= 0.6 is 0 Å². The molecule has 118 valence electrons. The first-order valence-electron chi connectivity index (χ1n) is 7.67. The zero-order chi connectivity index (χ0) is 16.4. The molecule has 0 aliphatic heterocycles. The molecule has 3 rings (SSSR count). The highest BCUT2D eigenvalue weighted by Gasteiger charge is 2.24. The number of amides is 2. The normalized spacial score (nSPS) is 13.5. The van der Waals surface area contributed by atoms with Gasteiger partial charge in [-0.2, -0.15) is 0 Å². The molecule has 23 heavy (non-hydrogen) atoms. The number of hydrogen-bond acceptors (Lipinski definition) is 3. The third-order valence-electron chi connectivity index (χ3n) is 3.81. The predicted octanol–water partition coefficient (Wildman–Crippen LogP) is 2.84. The van der Waals surface area contributed by atoms with Gasteiger partial charge in [-0.3, -0.25) is 14.6 Å². The summed E-state index contributed by atoms with van der Waals surface area (Å²) in [5.41, 5.74) is 3.67. The molecule has 1 fully saturated rings. The number of aromatic nitrogens is 1. The van der Waals surface area contributed by atoms with E-state index in [1.807, 2.05) is 32.0 Å². The lowest BCUT2D eigenvalue weighted by atomic mass is 10.1. The summed E-state index contributed by atoms with van der Waals surface area (Å²) in [5.74, 6) is -0.452. The highest BCUT2D eigenvalue weighted by Crippen LogP contribution is 2.20. The number of pyridine rings is 1. The van der Waals surface area contributed by atoms with Gasteiger partial charge in [0.25, 0.3) is 11.8 Å². The highest BCUT2D eigenvalue weighted by molar-refractivity contribution is 6.06. The molecule has 1 saturated carbocycles. The Labute approximate surface area is 135 Å². The zero-order valence-corrected chi connectivity index (χ0v) is 13.2. The van der Waals surface area contributed by atoms with Gasteiger partial charge in [-0.05, 0) is 44.4 Å². The van der Waals surface area contributed by atoms with E-state index in [0.29, 0.717) is 11.1 Å². The summed E-state index contributed by atoms with van der Waals surface area (Å²) in [6.45, 7) is 3.95. The van der Waals surface area contributed by atoms with Crippen LogP contribution in [-0.4, -0.2) is 22.8 Å². The van der Waals surface area contributed by atoms with E-state index in [2.05, 4.69) is 15.6 Å². The summed E-state index contributed by atoms with van der Waals surface area (Å²) < 4.78 is 0. The molecule has 1 aliphatic rings. The summed E-state index contributed by atoms with van der Waals surface area (Å²) in [6.07, 6.45) is 4.98. The number of nitrogens with one attached hydrogen (secondary N) is 2. The molecule has 0 unspecified atom stereocenters. The summed E-state index contributed by atoms with van der Waals surface area (Å²) >= 11 is 0. The van der Waals surface area contributed by atoms with Crippen molar-refractivity contribution in [3.05, 3.63) is 58.9 Å². The van der Waals surface area contributed by atoms with Crippen LogP contribution in [0.4, 0.5) is 5.69 Å². The van der Waals surface area contributed by atoms with Crippen molar-refractivity contribution in [1.29, 1.82) is 0 Å². The van der Waals surface area contributed by atoms with Crippen LogP contribution in [0.1, 0.15) is 44.7 Å². The first-order chi connectivity index (χ1) is 11.0. The Morgan fingerprint density at radius 1 is 1.04 bits per heavy atom. The fraction of sp³-hybridized carbons (Fsp3) is 0.278. The lowest BCUT2D eigenvalue weighted by Gasteiger charge is -2.10. The molecule has 1 aromatic carbocycles. The maximum atomic E-state index is 12.4. The molecule has 0 spiro atoms. The molecule has 0 bridgehead atoms. The number of hydrogen-bond donors (Lipinski definition) is 2. The number of benzene rings is 1. The number of nitrogens with zero attached hydrogens (tertiary/aromatic N) is 1. The van der Waals surface area contributed by atoms with E-state index in [4.69, 9.17) is 0 Å². The van der Waals surface area contributed by atoms with Gasteiger partial charge in [0.05, 0.1) is 11.1 Å². The monoisotopic (exact) mass is 309 g/mol. The van der Waals surface area contributed by atoms with Gasteiger partial charge in [-0.1, -0.05) is 17.7 Å². The second kappa shape index (κ2) is 6.20. The van der Waals surface area contributed by atoms with E-state index in [1.165, 1.54) is 12.4 Å². The average molecular weight is 309 g/mol. The van der Waals surface area contributed by atoms with Gasteiger partial charge < -0.3 is 10.6 Å². The Hall–Kier alpha value is -2.69. The zero-order valence-electron chi connectivity index (χ0n) is 13.2. The van der Waals surface area contributed by atoms with Crippen molar-refractivity contribution in [1.82, 2.24) is 10.3 Å². The molecule has 1 aliphatic carbocycles. The fourth-order valence-electron chi connectivity index (χ4n) is 2.33. The average Bonchev–Trinajstić information content (AvgIpc) is 3.34. The van der Waals surface area contributed by atoms with Crippen LogP contribution in [0.3, 0.4) is 0 Å². The second-order valence-corrected chi connectivity index (χ2v) is 5.98. The Morgan fingerprint density at radius 2 is 1.74 bits per heavy atom. The Kier molecular flexibility index (Phi) is 4.10. The highest BCUT2D eigenvalue weighted by atomic mass is 16.2. The Bertz CT molecular complexity index is 767. The van der Waals surface area contributed by atoms with Crippen LogP contribution in [0.25, 0.3) is 0 Å². The molecule has 1 heterocycles. The van der Waals surface area contributed by atoms with E-state index in [0.717, 1.165) is 29.7 Å². The van der Waals surface area contributed by atoms with E-state index in [-0.39, 0.29) is 17.9 Å². The first-order valence-corrected chi connectivity index (χ1v) is 7.67. The van der Waals surface area contributed by atoms with E-state index in [9.17, 15) is 9.59 Å². The Morgan fingerprint density at radius 3 is 2.39 bits per heavy atom. The standard InChI is InChI=1S/C18H19N3O2/c1-11-3-6-16(12(2)7-11)21-18(23)14-8-13(9-19-10-14)17(22)20-15-4-5-15/h3,6-10,15H,4-5H2,1-2H3,(H,20,22)(H,21,23). The maximum absolute atomic E-state index is 12.4. The van der Waals surface area contributed by atoms with Gasteiger partial charge in [0.1, 0.15) is 0 Å². The van der Waals surface area contributed by atoms with Crippen molar-refractivity contribution in [2.24, 2.45) is 0 Å². The molecular weight excluding hydrogens is 290 g/mol. The van der Waals surface area contributed by atoms with Crippen LogP contribution < -0.4 is 10.6 Å². The largest absolute Gasteiger partial charge is 0.349 e. The van der Waals surface area contributed by atoms with Crippen LogP contribution in [-0.2, 0) is 0 Å². The van der Waals surface area contributed by atoms with E-state index >= 15 is 0 Å². The van der Waals surface area contributed by atoms with E-state index < -0.39 is 0 Å². The molecule has 2 amide bonds.